The van der Waals surface area contributed by atoms with Gasteiger partial charge >= 0.3 is 5.97 Å². The molecule has 2 heterocycles. The lowest BCUT2D eigenvalue weighted by Gasteiger charge is -2.08. The number of aromatic nitrogens is 2. The van der Waals surface area contributed by atoms with E-state index in [2.05, 4.69) is 10.3 Å². The summed E-state index contributed by atoms with van der Waals surface area (Å²) >= 11 is 0. The van der Waals surface area contributed by atoms with Crippen LogP contribution < -0.4 is 5.32 Å². The maximum Gasteiger partial charge on any atom is 0.309 e. The zero-order valence-corrected chi connectivity index (χ0v) is 9.55. The molecular formula is C8H13Cl2N3O2. The van der Waals surface area contributed by atoms with E-state index in [9.17, 15) is 4.79 Å². The van der Waals surface area contributed by atoms with Crippen LogP contribution in [-0.2, 0) is 17.9 Å². The zero-order valence-electron chi connectivity index (χ0n) is 7.92. The van der Waals surface area contributed by atoms with Crippen LogP contribution in [0.25, 0.3) is 0 Å². The van der Waals surface area contributed by atoms with Gasteiger partial charge in [0.2, 0.25) is 0 Å². The number of halogens is 2. The van der Waals surface area contributed by atoms with Crippen molar-refractivity contribution in [3.05, 3.63) is 18.2 Å². The Labute approximate surface area is 99.7 Å². The molecule has 0 aliphatic carbocycles. The predicted octanol–water partition coefficient (Wildman–Crippen LogP) is 0.531. The summed E-state index contributed by atoms with van der Waals surface area (Å²) in [7, 11) is 0. The van der Waals surface area contributed by atoms with Crippen LogP contribution in [0.3, 0.4) is 0 Å². The molecule has 1 aliphatic rings. The van der Waals surface area contributed by atoms with Crippen LogP contribution in [0, 0.1) is 5.92 Å². The van der Waals surface area contributed by atoms with Gasteiger partial charge in [0.15, 0.2) is 0 Å². The number of rotatable bonds is 1. The smallest absolute Gasteiger partial charge is 0.309 e. The maximum absolute atomic E-state index is 10.8. The summed E-state index contributed by atoms with van der Waals surface area (Å²) in [6.07, 6.45) is 3.51. The molecule has 1 atom stereocenters. The van der Waals surface area contributed by atoms with Crippen molar-refractivity contribution in [3.63, 3.8) is 0 Å². The second-order valence-corrected chi connectivity index (χ2v) is 3.16. The number of nitrogens with one attached hydrogen (secondary N) is 1. The first-order valence-corrected chi connectivity index (χ1v) is 4.21. The van der Waals surface area contributed by atoms with Gasteiger partial charge in [0, 0.05) is 25.5 Å². The van der Waals surface area contributed by atoms with Crippen LogP contribution in [-0.4, -0.2) is 27.2 Å². The lowest BCUT2D eigenvalue weighted by molar-refractivity contribution is -0.141. The maximum atomic E-state index is 10.8. The van der Waals surface area contributed by atoms with Crippen LogP contribution in [0.15, 0.2) is 12.4 Å². The number of imidazole rings is 1. The van der Waals surface area contributed by atoms with Crippen molar-refractivity contribution < 1.29 is 9.90 Å². The van der Waals surface area contributed by atoms with Crippen LogP contribution in [0.1, 0.15) is 5.82 Å². The summed E-state index contributed by atoms with van der Waals surface area (Å²) in [6.45, 7) is 1.67. The topological polar surface area (TPSA) is 67.2 Å². The van der Waals surface area contributed by atoms with Crippen molar-refractivity contribution in [2.75, 3.05) is 6.54 Å². The molecule has 0 radical (unpaired) electrons. The predicted molar refractivity (Wildman–Crippen MR) is 59.6 cm³/mol. The molecule has 2 rings (SSSR count). The molecule has 0 fully saturated rings. The van der Waals surface area contributed by atoms with Crippen LogP contribution >= 0.6 is 24.8 Å². The van der Waals surface area contributed by atoms with Crippen LogP contribution in [0.5, 0.6) is 0 Å². The van der Waals surface area contributed by atoms with Crippen LogP contribution in [0.2, 0.25) is 0 Å². The largest absolute Gasteiger partial charge is 0.481 e. The Balaban J connectivity index is 0.000000980. The minimum atomic E-state index is -0.756. The second-order valence-electron chi connectivity index (χ2n) is 3.16. The first-order valence-electron chi connectivity index (χ1n) is 4.21. The van der Waals surface area contributed by atoms with Gasteiger partial charge in [-0.25, -0.2) is 4.98 Å². The van der Waals surface area contributed by atoms with Crippen molar-refractivity contribution >= 4 is 30.8 Å². The molecule has 0 spiro atoms. The van der Waals surface area contributed by atoms with Gasteiger partial charge in [0.25, 0.3) is 0 Å². The summed E-state index contributed by atoms with van der Waals surface area (Å²) in [4.78, 5) is 14.9. The molecule has 1 aromatic heterocycles. The summed E-state index contributed by atoms with van der Waals surface area (Å²) in [5, 5.41) is 11.9. The number of hydrogen-bond donors (Lipinski definition) is 2. The SMILES string of the molecule is Cl.Cl.O=C(O)C1CNCc2nccn2C1. The molecule has 1 unspecified atom stereocenters. The normalized spacial score (nSPS) is 19.1. The number of hydrogen-bond acceptors (Lipinski definition) is 3. The Morgan fingerprint density at radius 1 is 1.60 bits per heavy atom. The molecule has 2 N–H and O–H groups in total. The fourth-order valence-electron chi connectivity index (χ4n) is 1.50. The van der Waals surface area contributed by atoms with Gasteiger partial charge in [-0.2, -0.15) is 0 Å². The van der Waals surface area contributed by atoms with Gasteiger partial charge in [0.1, 0.15) is 5.82 Å². The lowest BCUT2D eigenvalue weighted by Crippen LogP contribution is -2.27. The standard InChI is InChI=1S/C8H11N3O2.2ClH/c12-8(13)6-3-9-4-7-10-1-2-11(7)5-6;;/h1-2,6,9H,3-5H2,(H,12,13);2*1H. The number of aliphatic carboxylic acids is 1. The Morgan fingerprint density at radius 3 is 3.00 bits per heavy atom. The van der Waals surface area contributed by atoms with Crippen molar-refractivity contribution in [3.8, 4) is 0 Å². The first-order chi connectivity index (χ1) is 6.27. The van der Waals surface area contributed by atoms with Crippen molar-refractivity contribution in [1.82, 2.24) is 14.9 Å². The Morgan fingerprint density at radius 2 is 2.33 bits per heavy atom. The molecule has 5 nitrogen and oxygen atoms in total. The molecule has 0 bridgehead atoms. The Bertz CT molecular complexity index is 329. The van der Waals surface area contributed by atoms with Gasteiger partial charge < -0.3 is 15.0 Å². The third-order valence-electron chi connectivity index (χ3n) is 2.24. The fourth-order valence-corrected chi connectivity index (χ4v) is 1.50. The zero-order chi connectivity index (χ0) is 9.26. The van der Waals surface area contributed by atoms with E-state index in [1.165, 1.54) is 0 Å². The van der Waals surface area contributed by atoms with Gasteiger partial charge in [0.05, 0.1) is 12.5 Å². The molecular weight excluding hydrogens is 241 g/mol. The van der Waals surface area contributed by atoms with E-state index < -0.39 is 5.97 Å². The van der Waals surface area contributed by atoms with Crippen LogP contribution in [0.4, 0.5) is 0 Å². The number of carboxylic acids is 1. The third kappa shape index (κ3) is 3.09. The molecule has 86 valence electrons. The summed E-state index contributed by atoms with van der Waals surface area (Å²) in [5.74, 6) is -0.201. The molecule has 0 saturated heterocycles. The Kier molecular flexibility index (Phi) is 5.64. The minimum absolute atomic E-state index is 0. The molecule has 0 amide bonds. The Hall–Kier alpha value is -0.780. The number of carboxylic acid groups (broad SMARTS) is 1. The van der Waals surface area contributed by atoms with E-state index in [1.807, 2.05) is 10.8 Å². The van der Waals surface area contributed by atoms with E-state index in [4.69, 9.17) is 5.11 Å². The first kappa shape index (κ1) is 14.2. The number of carbonyl (C=O) groups is 1. The average molecular weight is 254 g/mol. The molecule has 1 aliphatic heterocycles. The summed E-state index contributed by atoms with van der Waals surface area (Å²) in [6, 6.07) is 0. The van der Waals surface area contributed by atoms with Crippen molar-refractivity contribution in [2.24, 2.45) is 5.92 Å². The number of fused-ring (bicyclic) bond motifs is 1. The highest BCUT2D eigenvalue weighted by Gasteiger charge is 2.21. The molecule has 0 aromatic carbocycles. The van der Waals surface area contributed by atoms with Crippen molar-refractivity contribution in [2.45, 2.75) is 13.1 Å². The van der Waals surface area contributed by atoms with Gasteiger partial charge in [-0.15, -0.1) is 24.8 Å². The van der Waals surface area contributed by atoms with Crippen molar-refractivity contribution in [1.29, 1.82) is 0 Å². The summed E-state index contributed by atoms with van der Waals surface area (Å²) < 4.78 is 1.89. The van der Waals surface area contributed by atoms with E-state index in [0.29, 0.717) is 19.6 Å². The highest BCUT2D eigenvalue weighted by Crippen LogP contribution is 2.08. The quantitative estimate of drug-likeness (QED) is 0.767. The molecule has 0 saturated carbocycles. The fraction of sp³-hybridized carbons (Fsp3) is 0.500. The molecule has 7 heteroatoms. The third-order valence-corrected chi connectivity index (χ3v) is 2.24. The molecule has 1 aromatic rings. The molecule has 15 heavy (non-hydrogen) atoms. The van der Waals surface area contributed by atoms with Gasteiger partial charge in [-0.3, -0.25) is 4.79 Å². The van der Waals surface area contributed by atoms with E-state index in [-0.39, 0.29) is 30.7 Å². The van der Waals surface area contributed by atoms with E-state index in [1.54, 1.807) is 6.20 Å². The second kappa shape index (κ2) is 5.95. The van der Waals surface area contributed by atoms with Gasteiger partial charge in [-0.1, -0.05) is 0 Å². The minimum Gasteiger partial charge on any atom is -0.481 e. The highest BCUT2D eigenvalue weighted by atomic mass is 35.5. The summed E-state index contributed by atoms with van der Waals surface area (Å²) in [5.41, 5.74) is 0. The van der Waals surface area contributed by atoms with Gasteiger partial charge in [-0.05, 0) is 0 Å². The average Bonchev–Trinajstić information content (AvgIpc) is 2.42. The van der Waals surface area contributed by atoms with E-state index in [0.717, 1.165) is 5.82 Å². The monoisotopic (exact) mass is 253 g/mol. The lowest BCUT2D eigenvalue weighted by atomic mass is 10.1. The number of nitrogens with zero attached hydrogens (tertiary/aromatic N) is 2. The van der Waals surface area contributed by atoms with E-state index >= 15 is 0 Å². The highest BCUT2D eigenvalue weighted by molar-refractivity contribution is 5.85.